The van der Waals surface area contributed by atoms with Crippen LogP contribution in [0.5, 0.6) is 0 Å². The SMILES string of the molecule is O=C(O)C(O)CN(O)c1ccccc1. The summed E-state index contributed by atoms with van der Waals surface area (Å²) in [5, 5.41) is 27.4. The van der Waals surface area contributed by atoms with Gasteiger partial charge in [0, 0.05) is 0 Å². The Kier molecular flexibility index (Phi) is 3.44. The van der Waals surface area contributed by atoms with E-state index in [4.69, 9.17) is 10.2 Å². The van der Waals surface area contributed by atoms with Crippen LogP contribution in [0.15, 0.2) is 30.3 Å². The van der Waals surface area contributed by atoms with Gasteiger partial charge >= 0.3 is 5.97 Å². The molecule has 0 amide bonds. The summed E-state index contributed by atoms with van der Waals surface area (Å²) in [6.07, 6.45) is -1.60. The number of para-hydroxylation sites is 1. The minimum absolute atomic E-state index is 0.362. The Morgan fingerprint density at radius 3 is 2.43 bits per heavy atom. The third-order valence-electron chi connectivity index (χ3n) is 1.69. The number of anilines is 1. The number of aliphatic carboxylic acids is 1. The van der Waals surface area contributed by atoms with Crippen molar-refractivity contribution in [1.29, 1.82) is 0 Å². The predicted octanol–water partition coefficient (Wildman–Crippen LogP) is 0.328. The van der Waals surface area contributed by atoms with E-state index in [1.54, 1.807) is 30.3 Å². The van der Waals surface area contributed by atoms with E-state index in [0.717, 1.165) is 0 Å². The second-order valence-electron chi connectivity index (χ2n) is 2.77. The second-order valence-corrected chi connectivity index (χ2v) is 2.77. The molecule has 0 aliphatic carbocycles. The summed E-state index contributed by atoms with van der Waals surface area (Å²) in [5.74, 6) is -1.36. The van der Waals surface area contributed by atoms with Crippen LogP contribution in [0.4, 0.5) is 5.69 Å². The van der Waals surface area contributed by atoms with Gasteiger partial charge in [-0.3, -0.25) is 10.3 Å². The maximum atomic E-state index is 10.3. The van der Waals surface area contributed by atoms with Crippen molar-refractivity contribution in [3.05, 3.63) is 30.3 Å². The number of benzene rings is 1. The molecule has 1 atom stereocenters. The van der Waals surface area contributed by atoms with Gasteiger partial charge < -0.3 is 10.2 Å². The number of nitrogens with zero attached hydrogens (tertiary/aromatic N) is 1. The summed E-state index contributed by atoms with van der Waals surface area (Å²) in [4.78, 5) is 10.3. The number of aliphatic hydroxyl groups is 1. The molecular formula is C9H11NO4. The first-order valence-electron chi connectivity index (χ1n) is 4.03. The first-order chi connectivity index (χ1) is 6.61. The normalized spacial score (nSPS) is 12.1. The molecule has 1 aromatic carbocycles. The maximum absolute atomic E-state index is 10.3. The summed E-state index contributed by atoms with van der Waals surface area (Å²) in [6.45, 7) is -0.362. The Morgan fingerprint density at radius 2 is 1.93 bits per heavy atom. The fourth-order valence-electron chi connectivity index (χ4n) is 0.947. The molecule has 0 saturated carbocycles. The van der Waals surface area contributed by atoms with Crippen LogP contribution in [-0.4, -0.2) is 34.0 Å². The number of hydrogen-bond donors (Lipinski definition) is 3. The molecule has 0 aliphatic rings. The first kappa shape index (κ1) is 10.5. The lowest BCUT2D eigenvalue weighted by molar-refractivity contribution is -0.146. The highest BCUT2D eigenvalue weighted by Crippen LogP contribution is 2.10. The van der Waals surface area contributed by atoms with Gasteiger partial charge in [-0.1, -0.05) is 18.2 Å². The monoisotopic (exact) mass is 197 g/mol. The molecule has 5 heteroatoms. The lowest BCUT2D eigenvalue weighted by Gasteiger charge is -2.18. The summed E-state index contributed by atoms with van der Waals surface area (Å²) < 4.78 is 0. The number of aliphatic hydroxyl groups excluding tert-OH is 1. The van der Waals surface area contributed by atoms with Crippen molar-refractivity contribution in [3.8, 4) is 0 Å². The van der Waals surface area contributed by atoms with E-state index in [1.165, 1.54) is 0 Å². The summed E-state index contributed by atoms with van der Waals surface area (Å²) in [5.41, 5.74) is 0.438. The van der Waals surface area contributed by atoms with Gasteiger partial charge in [-0.25, -0.2) is 4.79 Å². The second kappa shape index (κ2) is 4.59. The van der Waals surface area contributed by atoms with E-state index in [9.17, 15) is 10.0 Å². The Hall–Kier alpha value is -1.59. The molecule has 14 heavy (non-hydrogen) atoms. The molecule has 1 unspecified atom stereocenters. The van der Waals surface area contributed by atoms with E-state index in [0.29, 0.717) is 10.8 Å². The van der Waals surface area contributed by atoms with Crippen molar-refractivity contribution in [2.75, 3.05) is 11.6 Å². The minimum atomic E-state index is -1.60. The van der Waals surface area contributed by atoms with Gasteiger partial charge in [0.1, 0.15) is 0 Å². The number of hydroxylamine groups is 1. The quantitative estimate of drug-likeness (QED) is 0.606. The number of rotatable bonds is 4. The highest BCUT2D eigenvalue weighted by molar-refractivity contribution is 5.72. The smallest absolute Gasteiger partial charge is 0.334 e. The Labute approximate surface area is 80.8 Å². The van der Waals surface area contributed by atoms with E-state index >= 15 is 0 Å². The lowest BCUT2D eigenvalue weighted by Crippen LogP contribution is -2.34. The predicted molar refractivity (Wildman–Crippen MR) is 49.2 cm³/mol. The third kappa shape index (κ3) is 2.72. The molecule has 3 N–H and O–H groups in total. The van der Waals surface area contributed by atoms with E-state index < -0.39 is 12.1 Å². The van der Waals surface area contributed by atoms with Crippen LogP contribution < -0.4 is 5.06 Å². The third-order valence-corrected chi connectivity index (χ3v) is 1.69. The molecule has 0 spiro atoms. The summed E-state index contributed by atoms with van der Waals surface area (Å²) >= 11 is 0. The molecule has 1 rings (SSSR count). The van der Waals surface area contributed by atoms with Crippen molar-refractivity contribution < 1.29 is 20.2 Å². The number of carboxylic acids is 1. The average Bonchev–Trinajstić information content (AvgIpc) is 2.19. The van der Waals surface area contributed by atoms with Gasteiger partial charge in [-0.15, -0.1) is 0 Å². The van der Waals surface area contributed by atoms with Gasteiger partial charge in [0.25, 0.3) is 0 Å². The molecule has 0 radical (unpaired) electrons. The molecule has 0 saturated heterocycles. The number of hydrogen-bond acceptors (Lipinski definition) is 4. The standard InChI is InChI=1S/C9H11NO4/c11-8(9(12)13)6-10(14)7-4-2-1-3-5-7/h1-5,8,11,14H,6H2,(H,12,13). The van der Waals surface area contributed by atoms with Crippen LogP contribution in [0.25, 0.3) is 0 Å². The Balaban J connectivity index is 2.59. The van der Waals surface area contributed by atoms with Crippen LogP contribution >= 0.6 is 0 Å². The fraction of sp³-hybridized carbons (Fsp3) is 0.222. The van der Waals surface area contributed by atoms with Crippen molar-refractivity contribution >= 4 is 11.7 Å². The number of carbonyl (C=O) groups is 1. The van der Waals surface area contributed by atoms with Crippen molar-refractivity contribution in [1.82, 2.24) is 0 Å². The largest absolute Gasteiger partial charge is 0.479 e. The molecule has 0 aliphatic heterocycles. The Bertz CT molecular complexity index is 301. The number of carboxylic acid groups (broad SMARTS) is 1. The maximum Gasteiger partial charge on any atom is 0.334 e. The van der Waals surface area contributed by atoms with E-state index in [1.807, 2.05) is 0 Å². The van der Waals surface area contributed by atoms with Crippen LogP contribution in [0.2, 0.25) is 0 Å². The molecule has 0 fully saturated rings. The van der Waals surface area contributed by atoms with Gasteiger partial charge in [-0.2, -0.15) is 0 Å². The minimum Gasteiger partial charge on any atom is -0.479 e. The van der Waals surface area contributed by atoms with Crippen LogP contribution in [0.3, 0.4) is 0 Å². The highest BCUT2D eigenvalue weighted by Gasteiger charge is 2.16. The summed E-state index contributed by atoms with van der Waals surface area (Å²) in [7, 11) is 0. The molecule has 0 heterocycles. The first-order valence-corrected chi connectivity index (χ1v) is 4.03. The van der Waals surface area contributed by atoms with Crippen LogP contribution in [-0.2, 0) is 4.79 Å². The molecule has 0 bridgehead atoms. The van der Waals surface area contributed by atoms with Crippen molar-refractivity contribution in [2.45, 2.75) is 6.10 Å². The summed E-state index contributed by atoms with van der Waals surface area (Å²) in [6, 6.07) is 8.38. The average molecular weight is 197 g/mol. The highest BCUT2D eigenvalue weighted by atomic mass is 16.5. The van der Waals surface area contributed by atoms with Gasteiger partial charge in [0.15, 0.2) is 6.10 Å². The molecule has 76 valence electrons. The zero-order valence-electron chi connectivity index (χ0n) is 7.37. The zero-order chi connectivity index (χ0) is 10.6. The van der Waals surface area contributed by atoms with Gasteiger partial charge in [0.2, 0.25) is 0 Å². The van der Waals surface area contributed by atoms with Gasteiger partial charge in [0.05, 0.1) is 12.2 Å². The zero-order valence-corrected chi connectivity index (χ0v) is 7.37. The van der Waals surface area contributed by atoms with E-state index in [-0.39, 0.29) is 6.54 Å². The van der Waals surface area contributed by atoms with Gasteiger partial charge in [-0.05, 0) is 12.1 Å². The van der Waals surface area contributed by atoms with Crippen LogP contribution in [0, 0.1) is 0 Å². The molecule has 0 aromatic heterocycles. The fourth-order valence-corrected chi connectivity index (χ4v) is 0.947. The molecule has 5 nitrogen and oxygen atoms in total. The van der Waals surface area contributed by atoms with E-state index in [2.05, 4.69) is 0 Å². The molecule has 1 aromatic rings. The van der Waals surface area contributed by atoms with Crippen molar-refractivity contribution in [2.24, 2.45) is 0 Å². The molecular weight excluding hydrogens is 186 g/mol. The Morgan fingerprint density at radius 1 is 1.36 bits per heavy atom. The lowest BCUT2D eigenvalue weighted by atomic mass is 10.3. The topological polar surface area (TPSA) is 81.0 Å². The van der Waals surface area contributed by atoms with Crippen molar-refractivity contribution in [3.63, 3.8) is 0 Å². The van der Waals surface area contributed by atoms with Crippen LogP contribution in [0.1, 0.15) is 0 Å².